The van der Waals surface area contributed by atoms with Crippen molar-refractivity contribution in [1.29, 1.82) is 0 Å². The van der Waals surface area contributed by atoms with Crippen LogP contribution < -0.4 is 0 Å². The van der Waals surface area contributed by atoms with Crippen molar-refractivity contribution in [2.75, 3.05) is 0 Å². The van der Waals surface area contributed by atoms with Crippen LogP contribution in [-0.2, 0) is 10.0 Å². The molecule has 5 nitrogen and oxygen atoms in total. The van der Waals surface area contributed by atoms with Crippen LogP contribution in [0, 0.1) is 0 Å². The number of nitrogens with zero attached hydrogens (tertiary/aromatic N) is 3. The Morgan fingerprint density at radius 3 is 2.82 bits per heavy atom. The van der Waals surface area contributed by atoms with Crippen molar-refractivity contribution >= 4 is 10.0 Å². The highest BCUT2D eigenvalue weighted by Gasteiger charge is 2.14. The van der Waals surface area contributed by atoms with Crippen LogP contribution in [0.2, 0.25) is 0 Å². The van der Waals surface area contributed by atoms with E-state index in [1.807, 2.05) is 0 Å². The normalized spacial score (nSPS) is 15.8. The van der Waals surface area contributed by atoms with Crippen molar-refractivity contribution in [2.45, 2.75) is 6.42 Å². The molecule has 58 valence electrons. The minimum Gasteiger partial charge on any atom is -0.216 e. The van der Waals surface area contributed by atoms with Crippen LogP contribution in [-0.4, -0.2) is 8.42 Å². The molecule has 0 atom stereocenters. The average Bonchev–Trinajstić information content (AvgIpc) is 2.37. The monoisotopic (exact) mass is 171 g/mol. The lowest BCUT2D eigenvalue weighted by Crippen LogP contribution is -1.94. The SMILES string of the molecule is [N-]=[N+]=NS(=O)(=O)C1=CCC=C1. The summed E-state index contributed by atoms with van der Waals surface area (Å²) in [5, 5.41) is 0. The molecule has 0 radical (unpaired) electrons. The molecule has 6 heteroatoms. The first-order chi connectivity index (χ1) is 5.17. The number of allylic oxidation sites excluding steroid dienone is 3. The number of sulfonamides is 1. The molecule has 0 amide bonds. The van der Waals surface area contributed by atoms with Crippen molar-refractivity contribution in [2.24, 2.45) is 4.52 Å². The van der Waals surface area contributed by atoms with Crippen LogP contribution in [0.25, 0.3) is 10.4 Å². The summed E-state index contributed by atoms with van der Waals surface area (Å²) in [5.74, 6) is 0. The molecule has 1 aliphatic rings. The first-order valence-corrected chi connectivity index (χ1v) is 4.29. The van der Waals surface area contributed by atoms with Gasteiger partial charge >= 0.3 is 0 Å². The second-order valence-corrected chi connectivity index (χ2v) is 3.48. The molecule has 0 aromatic carbocycles. The molecule has 0 unspecified atom stereocenters. The van der Waals surface area contributed by atoms with Gasteiger partial charge in [0.1, 0.15) is 0 Å². The van der Waals surface area contributed by atoms with E-state index in [-0.39, 0.29) is 4.91 Å². The van der Waals surface area contributed by atoms with E-state index in [4.69, 9.17) is 5.53 Å². The predicted octanol–water partition coefficient (Wildman–Crippen LogP) is 1.47. The van der Waals surface area contributed by atoms with E-state index in [1.54, 1.807) is 6.08 Å². The van der Waals surface area contributed by atoms with Crippen molar-refractivity contribution in [3.8, 4) is 0 Å². The molecule has 0 aromatic rings. The Hall–Kier alpha value is -1.26. The third-order valence-electron chi connectivity index (χ3n) is 1.18. The lowest BCUT2D eigenvalue weighted by molar-refractivity contribution is 0.604. The molecule has 0 aliphatic heterocycles. The third kappa shape index (κ3) is 1.60. The Bertz CT molecular complexity index is 359. The molecule has 0 heterocycles. The third-order valence-corrected chi connectivity index (χ3v) is 2.37. The summed E-state index contributed by atoms with van der Waals surface area (Å²) in [6, 6.07) is 0. The number of azide groups is 1. The van der Waals surface area contributed by atoms with E-state index in [9.17, 15) is 8.42 Å². The first kappa shape index (κ1) is 7.84. The van der Waals surface area contributed by atoms with Crippen LogP contribution in [0.1, 0.15) is 6.42 Å². The minimum atomic E-state index is -3.73. The maximum absolute atomic E-state index is 10.9. The summed E-state index contributed by atoms with van der Waals surface area (Å²) < 4.78 is 24.5. The molecular formula is C5H5N3O2S. The average molecular weight is 171 g/mol. The molecule has 1 rings (SSSR count). The lowest BCUT2D eigenvalue weighted by atomic mass is 10.5. The molecule has 0 fully saturated rings. The van der Waals surface area contributed by atoms with E-state index >= 15 is 0 Å². The van der Waals surface area contributed by atoms with Gasteiger partial charge in [0.15, 0.2) is 0 Å². The van der Waals surface area contributed by atoms with E-state index < -0.39 is 10.0 Å². The molecule has 0 spiro atoms. The van der Waals surface area contributed by atoms with E-state index in [1.165, 1.54) is 12.2 Å². The lowest BCUT2D eigenvalue weighted by Gasteiger charge is -1.90. The minimum absolute atomic E-state index is 0.0790. The van der Waals surface area contributed by atoms with Crippen LogP contribution >= 0.6 is 0 Å². The van der Waals surface area contributed by atoms with Gasteiger partial charge in [0.25, 0.3) is 10.0 Å². The van der Waals surface area contributed by atoms with Gasteiger partial charge in [0.2, 0.25) is 0 Å². The smallest absolute Gasteiger partial charge is 0.216 e. The van der Waals surface area contributed by atoms with Crippen molar-refractivity contribution in [3.63, 3.8) is 0 Å². The number of hydrogen-bond acceptors (Lipinski definition) is 2. The summed E-state index contributed by atoms with van der Waals surface area (Å²) in [4.78, 5) is 2.29. The largest absolute Gasteiger partial charge is 0.264 e. The van der Waals surface area contributed by atoms with E-state index in [0.29, 0.717) is 6.42 Å². The summed E-state index contributed by atoms with van der Waals surface area (Å²) in [6.45, 7) is 0. The first-order valence-electron chi connectivity index (χ1n) is 2.85. The fraction of sp³-hybridized carbons (Fsp3) is 0.200. The van der Waals surface area contributed by atoms with Gasteiger partial charge in [-0.05, 0) is 18.0 Å². The number of rotatable bonds is 2. The fourth-order valence-corrected chi connectivity index (χ4v) is 1.49. The van der Waals surface area contributed by atoms with Gasteiger partial charge in [-0.15, -0.1) is 0 Å². The van der Waals surface area contributed by atoms with Gasteiger partial charge in [0.05, 0.1) is 4.91 Å². The molecule has 0 N–H and O–H groups in total. The second-order valence-electron chi connectivity index (χ2n) is 1.89. The topological polar surface area (TPSA) is 82.9 Å². The maximum Gasteiger partial charge on any atom is 0.264 e. The molecule has 0 saturated carbocycles. The van der Waals surface area contributed by atoms with Crippen LogP contribution in [0.5, 0.6) is 0 Å². The van der Waals surface area contributed by atoms with Crippen molar-refractivity contribution < 1.29 is 8.42 Å². The summed E-state index contributed by atoms with van der Waals surface area (Å²) in [6.07, 6.45) is 5.17. The van der Waals surface area contributed by atoms with Gasteiger partial charge in [-0.3, -0.25) is 0 Å². The van der Waals surface area contributed by atoms with E-state index in [2.05, 4.69) is 9.43 Å². The summed E-state index contributed by atoms with van der Waals surface area (Å²) in [5.41, 5.74) is 7.89. The fourth-order valence-electron chi connectivity index (χ4n) is 0.723. The van der Waals surface area contributed by atoms with Gasteiger partial charge in [-0.1, -0.05) is 12.2 Å². The molecule has 1 aliphatic carbocycles. The van der Waals surface area contributed by atoms with Gasteiger partial charge in [0, 0.05) is 9.43 Å². The van der Waals surface area contributed by atoms with Gasteiger partial charge < -0.3 is 0 Å². The standard InChI is InChI=1S/C5H5N3O2S/c6-7-8-11(9,10)5-3-1-2-4-5/h1,3-4H,2H2. The predicted molar refractivity (Wildman–Crippen MR) is 39.9 cm³/mol. The van der Waals surface area contributed by atoms with Crippen LogP contribution in [0.15, 0.2) is 27.7 Å². The molecule has 0 bridgehead atoms. The summed E-state index contributed by atoms with van der Waals surface area (Å²) in [7, 11) is -3.73. The zero-order chi connectivity index (χ0) is 8.32. The van der Waals surface area contributed by atoms with E-state index in [0.717, 1.165) is 0 Å². The molecule has 11 heavy (non-hydrogen) atoms. The highest BCUT2D eigenvalue weighted by atomic mass is 32.2. The zero-order valence-electron chi connectivity index (χ0n) is 5.51. The number of hydrogen-bond donors (Lipinski definition) is 0. The zero-order valence-corrected chi connectivity index (χ0v) is 6.32. The maximum atomic E-state index is 10.9. The van der Waals surface area contributed by atoms with Crippen molar-refractivity contribution in [3.05, 3.63) is 33.6 Å². The Morgan fingerprint density at radius 2 is 2.36 bits per heavy atom. The van der Waals surface area contributed by atoms with Crippen LogP contribution in [0.4, 0.5) is 0 Å². The van der Waals surface area contributed by atoms with Crippen LogP contribution in [0.3, 0.4) is 0 Å². The Balaban J connectivity index is 3.08. The van der Waals surface area contributed by atoms with Gasteiger partial charge in [-0.25, -0.2) is 8.42 Å². The van der Waals surface area contributed by atoms with Gasteiger partial charge in [-0.2, -0.15) is 0 Å². The Kier molecular flexibility index (Phi) is 1.98. The highest BCUT2D eigenvalue weighted by molar-refractivity contribution is 7.94. The summed E-state index contributed by atoms with van der Waals surface area (Å²) >= 11 is 0. The Morgan fingerprint density at radius 1 is 1.64 bits per heavy atom. The van der Waals surface area contributed by atoms with Crippen molar-refractivity contribution in [1.82, 2.24) is 0 Å². The molecule has 0 saturated heterocycles. The second kappa shape index (κ2) is 2.77. The molecule has 0 aromatic heterocycles. The Labute approximate surface area is 63.7 Å². The molecular weight excluding hydrogens is 166 g/mol. The quantitative estimate of drug-likeness (QED) is 0.358. The highest BCUT2D eigenvalue weighted by Crippen LogP contribution is 2.17.